The summed E-state index contributed by atoms with van der Waals surface area (Å²) in [5.74, 6) is 1.38. The van der Waals surface area contributed by atoms with Crippen LogP contribution in [0.2, 0.25) is 0 Å². The number of thioether (sulfide) groups is 1. The van der Waals surface area contributed by atoms with Crippen LogP contribution in [0.15, 0.2) is 46.0 Å². The van der Waals surface area contributed by atoms with Crippen molar-refractivity contribution in [2.75, 3.05) is 17.9 Å². The highest BCUT2D eigenvalue weighted by molar-refractivity contribution is 9.10. The van der Waals surface area contributed by atoms with E-state index in [2.05, 4.69) is 42.9 Å². The summed E-state index contributed by atoms with van der Waals surface area (Å²) >= 11 is 4.95. The summed E-state index contributed by atoms with van der Waals surface area (Å²) in [5.41, 5.74) is 7.36. The molecular weight excluding hydrogens is 466 g/mol. The second-order valence-electron chi connectivity index (χ2n) is 7.21. The molecule has 7 nitrogen and oxygen atoms in total. The van der Waals surface area contributed by atoms with Crippen molar-refractivity contribution in [1.82, 2.24) is 14.9 Å². The first-order valence-corrected chi connectivity index (χ1v) is 11.1. The monoisotopic (exact) mass is 487 g/mol. The zero-order chi connectivity index (χ0) is 21.4. The van der Waals surface area contributed by atoms with Gasteiger partial charge in [-0.2, -0.15) is 0 Å². The molecule has 0 unspecified atom stereocenters. The molecule has 1 aromatic heterocycles. The second kappa shape index (κ2) is 8.31. The minimum Gasteiger partial charge on any atom is -0.496 e. The van der Waals surface area contributed by atoms with Crippen LogP contribution in [0, 0.1) is 20.8 Å². The number of carbonyl (C=O) groups is 1. The van der Waals surface area contributed by atoms with E-state index >= 15 is 0 Å². The van der Waals surface area contributed by atoms with Crippen molar-refractivity contribution in [1.29, 1.82) is 0 Å². The number of nitrogens with one attached hydrogen (secondary N) is 2. The SMILES string of the molecule is COc1ccc([C@@H]2Nn3c(C)nnc3S[C@H]2C(=O)Nc2ccc(C)cc2C)cc1Br. The van der Waals surface area contributed by atoms with Crippen molar-refractivity contribution in [3.8, 4) is 5.75 Å². The summed E-state index contributed by atoms with van der Waals surface area (Å²) in [6, 6.07) is 11.5. The van der Waals surface area contributed by atoms with Crippen molar-refractivity contribution in [2.24, 2.45) is 0 Å². The summed E-state index contributed by atoms with van der Waals surface area (Å²) in [6.45, 7) is 5.90. The Morgan fingerprint density at radius 3 is 2.70 bits per heavy atom. The molecule has 156 valence electrons. The van der Waals surface area contributed by atoms with E-state index in [4.69, 9.17) is 4.74 Å². The van der Waals surface area contributed by atoms with E-state index in [0.717, 1.165) is 38.4 Å². The van der Waals surface area contributed by atoms with E-state index < -0.39 is 5.25 Å². The van der Waals surface area contributed by atoms with E-state index in [1.54, 1.807) is 7.11 Å². The Balaban J connectivity index is 1.69. The van der Waals surface area contributed by atoms with E-state index in [1.165, 1.54) is 11.8 Å². The molecule has 0 saturated heterocycles. The number of hydrogen-bond donors (Lipinski definition) is 2. The van der Waals surface area contributed by atoms with Crippen LogP contribution >= 0.6 is 27.7 Å². The fourth-order valence-corrected chi connectivity index (χ4v) is 5.13. The quantitative estimate of drug-likeness (QED) is 0.568. The molecule has 2 atom stereocenters. The maximum Gasteiger partial charge on any atom is 0.240 e. The predicted octanol–water partition coefficient (Wildman–Crippen LogP) is 4.37. The van der Waals surface area contributed by atoms with E-state index in [1.807, 2.05) is 55.8 Å². The van der Waals surface area contributed by atoms with Crippen molar-refractivity contribution < 1.29 is 9.53 Å². The van der Waals surface area contributed by atoms with Crippen LogP contribution in [0.1, 0.15) is 28.6 Å². The maximum absolute atomic E-state index is 13.3. The van der Waals surface area contributed by atoms with Gasteiger partial charge in [0.05, 0.1) is 17.6 Å². The Labute approximate surface area is 187 Å². The van der Waals surface area contributed by atoms with Gasteiger partial charge < -0.3 is 15.5 Å². The van der Waals surface area contributed by atoms with Gasteiger partial charge in [0, 0.05) is 5.69 Å². The molecule has 4 rings (SSSR count). The summed E-state index contributed by atoms with van der Waals surface area (Å²) in [6.07, 6.45) is 0. The lowest BCUT2D eigenvalue weighted by Crippen LogP contribution is -2.41. The number of halogens is 1. The first-order valence-electron chi connectivity index (χ1n) is 9.44. The molecule has 9 heteroatoms. The summed E-state index contributed by atoms with van der Waals surface area (Å²) < 4.78 is 8.01. The Morgan fingerprint density at radius 1 is 1.20 bits per heavy atom. The first kappa shape index (κ1) is 20.7. The number of methoxy groups -OCH3 is 1. The topological polar surface area (TPSA) is 81.1 Å². The largest absolute Gasteiger partial charge is 0.496 e. The molecule has 1 aliphatic heterocycles. The van der Waals surface area contributed by atoms with Crippen molar-refractivity contribution in [3.05, 3.63) is 63.4 Å². The molecule has 0 radical (unpaired) electrons. The third-order valence-corrected chi connectivity index (χ3v) is 6.87. The average molecular weight is 488 g/mol. The lowest BCUT2D eigenvalue weighted by atomic mass is 10.0. The van der Waals surface area contributed by atoms with E-state index in [0.29, 0.717) is 5.16 Å². The van der Waals surface area contributed by atoms with Gasteiger partial charge in [0.2, 0.25) is 11.1 Å². The molecule has 0 fully saturated rings. The number of aromatic nitrogens is 3. The number of ether oxygens (including phenoxy) is 1. The third-order valence-electron chi connectivity index (χ3n) is 5.03. The Hall–Kier alpha value is -2.52. The van der Waals surface area contributed by atoms with Crippen LogP contribution in [-0.4, -0.2) is 33.1 Å². The number of amides is 1. The fraction of sp³-hybridized carbons (Fsp3) is 0.286. The van der Waals surface area contributed by atoms with Gasteiger partial charge >= 0.3 is 0 Å². The zero-order valence-electron chi connectivity index (χ0n) is 17.1. The molecule has 0 saturated carbocycles. The number of rotatable bonds is 4. The van der Waals surface area contributed by atoms with Gasteiger partial charge in [-0.15, -0.1) is 10.2 Å². The van der Waals surface area contributed by atoms with Gasteiger partial charge in [-0.3, -0.25) is 4.79 Å². The van der Waals surface area contributed by atoms with Gasteiger partial charge in [-0.25, -0.2) is 4.68 Å². The Morgan fingerprint density at radius 2 is 2.00 bits per heavy atom. The third kappa shape index (κ3) is 3.91. The van der Waals surface area contributed by atoms with E-state index in [9.17, 15) is 4.79 Å². The highest BCUT2D eigenvalue weighted by Gasteiger charge is 2.37. The molecule has 2 heterocycles. The zero-order valence-corrected chi connectivity index (χ0v) is 19.5. The molecule has 0 bridgehead atoms. The maximum atomic E-state index is 13.3. The lowest BCUT2D eigenvalue weighted by molar-refractivity contribution is -0.116. The molecule has 2 N–H and O–H groups in total. The van der Waals surface area contributed by atoms with Gasteiger partial charge in [0.15, 0.2) is 0 Å². The van der Waals surface area contributed by atoms with Crippen molar-refractivity contribution in [2.45, 2.75) is 37.2 Å². The minimum absolute atomic E-state index is 0.0942. The minimum atomic E-state index is -0.443. The Kier molecular flexibility index (Phi) is 5.75. The van der Waals surface area contributed by atoms with Crippen LogP contribution in [0.3, 0.4) is 0 Å². The highest BCUT2D eigenvalue weighted by atomic mass is 79.9. The van der Waals surface area contributed by atoms with Crippen LogP contribution in [0.4, 0.5) is 5.69 Å². The molecule has 30 heavy (non-hydrogen) atoms. The van der Waals surface area contributed by atoms with Gasteiger partial charge in [0.1, 0.15) is 16.8 Å². The number of aryl methyl sites for hydroxylation is 3. The molecule has 1 amide bonds. The second-order valence-corrected chi connectivity index (χ2v) is 9.18. The van der Waals surface area contributed by atoms with E-state index in [-0.39, 0.29) is 11.9 Å². The molecule has 0 spiro atoms. The first-order chi connectivity index (χ1) is 14.4. The fourth-order valence-electron chi connectivity index (χ4n) is 3.44. The standard InChI is InChI=1S/C21H22BrN5O2S/c1-11-5-7-16(12(2)9-11)23-20(28)19-18(14-6-8-17(29-4)15(22)10-14)26-27-13(3)24-25-21(27)30-19/h5-10,18-19,26H,1-4H3,(H,23,28)/t18-,19+/m0/s1. The normalized spacial score (nSPS) is 17.8. The van der Waals surface area contributed by atoms with Crippen LogP contribution < -0.4 is 15.5 Å². The average Bonchev–Trinajstić information content (AvgIpc) is 3.09. The van der Waals surface area contributed by atoms with Gasteiger partial charge in [-0.05, 0) is 66.0 Å². The van der Waals surface area contributed by atoms with Gasteiger partial charge in [0.25, 0.3) is 0 Å². The summed E-state index contributed by atoms with van der Waals surface area (Å²) in [4.78, 5) is 13.3. The highest BCUT2D eigenvalue weighted by Crippen LogP contribution is 2.39. The summed E-state index contributed by atoms with van der Waals surface area (Å²) in [5, 5.41) is 11.7. The van der Waals surface area contributed by atoms with Crippen molar-refractivity contribution in [3.63, 3.8) is 0 Å². The smallest absolute Gasteiger partial charge is 0.240 e. The summed E-state index contributed by atoms with van der Waals surface area (Å²) in [7, 11) is 1.63. The molecule has 2 aromatic carbocycles. The number of carbonyl (C=O) groups excluding carboxylic acids is 1. The molecular formula is C21H22BrN5O2S. The van der Waals surface area contributed by atoms with Crippen LogP contribution in [0.25, 0.3) is 0 Å². The number of anilines is 1. The number of fused-ring (bicyclic) bond motifs is 1. The number of nitrogens with zero attached hydrogens (tertiary/aromatic N) is 3. The Bertz CT molecular complexity index is 1120. The van der Waals surface area contributed by atoms with Crippen LogP contribution in [-0.2, 0) is 4.79 Å². The van der Waals surface area contributed by atoms with Crippen LogP contribution in [0.5, 0.6) is 5.75 Å². The molecule has 0 aliphatic carbocycles. The van der Waals surface area contributed by atoms with Gasteiger partial charge in [-0.1, -0.05) is 35.5 Å². The number of hydrogen-bond acceptors (Lipinski definition) is 6. The number of benzene rings is 2. The molecule has 3 aromatic rings. The lowest BCUT2D eigenvalue weighted by Gasteiger charge is -2.33. The van der Waals surface area contributed by atoms with Crippen molar-refractivity contribution >= 4 is 39.3 Å². The predicted molar refractivity (Wildman–Crippen MR) is 122 cm³/mol. The molecule has 1 aliphatic rings.